The van der Waals surface area contributed by atoms with E-state index in [1.165, 1.54) is 13.1 Å². The van der Waals surface area contributed by atoms with Crippen LogP contribution in [0.1, 0.15) is 23.2 Å². The Hall–Kier alpha value is -3.10. The minimum atomic E-state index is -0.737. The number of ether oxygens (including phenoxy) is 1. The number of imide groups is 1. The van der Waals surface area contributed by atoms with Gasteiger partial charge in [0.05, 0.1) is 16.9 Å². The van der Waals surface area contributed by atoms with Crippen LogP contribution in [-0.4, -0.2) is 50.1 Å². The van der Waals surface area contributed by atoms with Gasteiger partial charge in [0.2, 0.25) is 5.91 Å². The van der Waals surface area contributed by atoms with Crippen molar-refractivity contribution >= 4 is 35.2 Å². The third kappa shape index (κ3) is 3.39. The summed E-state index contributed by atoms with van der Waals surface area (Å²) in [5.74, 6) is -1.54. The highest BCUT2D eigenvalue weighted by molar-refractivity contribution is 6.05. The maximum atomic E-state index is 12.1. The SMILES string of the molecule is CNC(=O)NC(=O)COC(=O)c1ccc2c(c1)NC(=O)[C@@H]1CCCN21. The Morgan fingerprint density at radius 3 is 2.92 bits per heavy atom. The minimum absolute atomic E-state index is 0.0829. The summed E-state index contributed by atoms with van der Waals surface area (Å²) in [7, 11) is 1.36. The maximum absolute atomic E-state index is 12.1. The highest BCUT2D eigenvalue weighted by atomic mass is 16.5. The van der Waals surface area contributed by atoms with Gasteiger partial charge >= 0.3 is 12.0 Å². The third-order valence-corrected chi connectivity index (χ3v) is 4.17. The van der Waals surface area contributed by atoms with Crippen LogP contribution in [0.3, 0.4) is 0 Å². The normalized spacial score (nSPS) is 17.9. The zero-order valence-corrected chi connectivity index (χ0v) is 13.6. The van der Waals surface area contributed by atoms with E-state index in [1.54, 1.807) is 12.1 Å². The van der Waals surface area contributed by atoms with Crippen LogP contribution in [0.25, 0.3) is 0 Å². The fourth-order valence-corrected chi connectivity index (χ4v) is 3.00. The molecule has 0 spiro atoms. The Morgan fingerprint density at radius 1 is 1.36 bits per heavy atom. The van der Waals surface area contributed by atoms with E-state index in [1.807, 2.05) is 10.2 Å². The van der Waals surface area contributed by atoms with Crippen molar-refractivity contribution in [2.45, 2.75) is 18.9 Å². The van der Waals surface area contributed by atoms with E-state index in [9.17, 15) is 19.2 Å². The number of hydrogen-bond donors (Lipinski definition) is 3. The molecule has 0 aromatic heterocycles. The zero-order chi connectivity index (χ0) is 18.0. The van der Waals surface area contributed by atoms with Crippen LogP contribution in [-0.2, 0) is 14.3 Å². The van der Waals surface area contributed by atoms with Gasteiger partial charge in [-0.05, 0) is 31.0 Å². The molecule has 1 aromatic carbocycles. The molecule has 1 atom stereocenters. The largest absolute Gasteiger partial charge is 0.452 e. The van der Waals surface area contributed by atoms with Crippen molar-refractivity contribution in [1.82, 2.24) is 10.6 Å². The van der Waals surface area contributed by atoms with E-state index in [2.05, 4.69) is 10.6 Å². The molecule has 0 bridgehead atoms. The second kappa shape index (κ2) is 6.80. The van der Waals surface area contributed by atoms with E-state index >= 15 is 0 Å². The smallest absolute Gasteiger partial charge is 0.338 e. The summed E-state index contributed by atoms with van der Waals surface area (Å²) in [5, 5.41) is 7.01. The molecule has 0 unspecified atom stereocenters. The van der Waals surface area contributed by atoms with Gasteiger partial charge in [0.25, 0.3) is 5.91 Å². The average Bonchev–Trinajstić information content (AvgIpc) is 3.09. The van der Waals surface area contributed by atoms with E-state index in [-0.39, 0.29) is 17.5 Å². The van der Waals surface area contributed by atoms with Crippen LogP contribution < -0.4 is 20.9 Å². The fraction of sp³-hybridized carbons (Fsp3) is 0.375. The molecule has 2 aliphatic rings. The van der Waals surface area contributed by atoms with Gasteiger partial charge in [0.15, 0.2) is 6.61 Å². The molecule has 1 saturated heterocycles. The first-order chi connectivity index (χ1) is 12.0. The third-order valence-electron chi connectivity index (χ3n) is 4.17. The van der Waals surface area contributed by atoms with Crippen LogP contribution in [0, 0.1) is 0 Å². The van der Waals surface area contributed by atoms with Crippen LogP contribution in [0.2, 0.25) is 0 Å². The lowest BCUT2D eigenvalue weighted by molar-refractivity contribution is -0.123. The van der Waals surface area contributed by atoms with Gasteiger partial charge in [-0.1, -0.05) is 0 Å². The van der Waals surface area contributed by atoms with E-state index < -0.39 is 24.5 Å². The predicted octanol–water partition coefficient (Wildman–Crippen LogP) is 0.220. The maximum Gasteiger partial charge on any atom is 0.338 e. The van der Waals surface area contributed by atoms with Crippen molar-refractivity contribution in [2.24, 2.45) is 0 Å². The van der Waals surface area contributed by atoms with Gasteiger partial charge in [0, 0.05) is 13.6 Å². The number of esters is 1. The molecule has 2 heterocycles. The summed E-state index contributed by atoms with van der Waals surface area (Å²) in [6.45, 7) is 0.221. The Morgan fingerprint density at radius 2 is 2.16 bits per heavy atom. The molecule has 3 rings (SSSR count). The van der Waals surface area contributed by atoms with Gasteiger partial charge in [-0.25, -0.2) is 9.59 Å². The molecular weight excluding hydrogens is 328 g/mol. The Kier molecular flexibility index (Phi) is 4.55. The van der Waals surface area contributed by atoms with Crippen molar-refractivity contribution in [3.8, 4) is 0 Å². The topological polar surface area (TPSA) is 117 Å². The van der Waals surface area contributed by atoms with E-state index in [0.29, 0.717) is 5.69 Å². The minimum Gasteiger partial charge on any atom is -0.452 e. The van der Waals surface area contributed by atoms with Crippen molar-refractivity contribution in [2.75, 3.05) is 30.4 Å². The molecule has 25 heavy (non-hydrogen) atoms. The first-order valence-electron chi connectivity index (χ1n) is 7.90. The van der Waals surface area contributed by atoms with Crippen LogP contribution in [0.4, 0.5) is 16.2 Å². The molecule has 9 nitrogen and oxygen atoms in total. The van der Waals surface area contributed by atoms with E-state index in [4.69, 9.17) is 4.74 Å². The summed E-state index contributed by atoms with van der Waals surface area (Å²) >= 11 is 0. The molecule has 1 aromatic rings. The van der Waals surface area contributed by atoms with Crippen LogP contribution in [0.15, 0.2) is 18.2 Å². The van der Waals surface area contributed by atoms with Crippen molar-refractivity contribution in [3.05, 3.63) is 23.8 Å². The van der Waals surface area contributed by atoms with Gasteiger partial charge in [-0.3, -0.25) is 14.9 Å². The van der Waals surface area contributed by atoms with E-state index in [0.717, 1.165) is 25.1 Å². The van der Waals surface area contributed by atoms with Crippen LogP contribution in [0.5, 0.6) is 0 Å². The molecule has 0 aliphatic carbocycles. The summed E-state index contributed by atoms with van der Waals surface area (Å²) in [4.78, 5) is 48.6. The van der Waals surface area contributed by atoms with Crippen molar-refractivity contribution in [3.63, 3.8) is 0 Å². The quantitative estimate of drug-likeness (QED) is 0.674. The number of nitrogens with one attached hydrogen (secondary N) is 3. The number of amides is 4. The van der Waals surface area contributed by atoms with Crippen LogP contribution >= 0.6 is 0 Å². The average molecular weight is 346 g/mol. The molecule has 0 radical (unpaired) electrons. The summed E-state index contributed by atoms with van der Waals surface area (Å²) in [6, 6.07) is 4.04. The number of anilines is 2. The molecule has 2 aliphatic heterocycles. The van der Waals surface area contributed by atoms with Gasteiger partial charge in [-0.2, -0.15) is 0 Å². The number of urea groups is 1. The monoisotopic (exact) mass is 346 g/mol. The number of benzene rings is 1. The zero-order valence-electron chi connectivity index (χ0n) is 13.6. The summed E-state index contributed by atoms with van der Waals surface area (Å²) in [6.07, 6.45) is 1.76. The highest BCUT2D eigenvalue weighted by Crippen LogP contribution is 2.37. The Labute approximate surface area is 143 Å². The molecule has 132 valence electrons. The number of rotatable bonds is 3. The van der Waals surface area contributed by atoms with Gasteiger partial charge in [-0.15, -0.1) is 0 Å². The first-order valence-corrected chi connectivity index (χ1v) is 7.90. The summed E-state index contributed by atoms with van der Waals surface area (Å²) < 4.78 is 4.88. The first kappa shape index (κ1) is 16.7. The van der Waals surface area contributed by atoms with Gasteiger partial charge < -0.3 is 20.3 Å². The second-order valence-corrected chi connectivity index (χ2v) is 5.78. The van der Waals surface area contributed by atoms with Crippen molar-refractivity contribution < 1.29 is 23.9 Å². The summed E-state index contributed by atoms with van der Waals surface area (Å²) in [5.41, 5.74) is 1.63. The Balaban J connectivity index is 1.67. The molecule has 9 heteroatoms. The lowest BCUT2D eigenvalue weighted by atomic mass is 10.1. The van der Waals surface area contributed by atoms with Gasteiger partial charge in [0.1, 0.15) is 6.04 Å². The predicted molar refractivity (Wildman–Crippen MR) is 88.3 cm³/mol. The highest BCUT2D eigenvalue weighted by Gasteiger charge is 2.36. The molecular formula is C16H18N4O5. The number of carbonyl (C=O) groups excluding carboxylic acids is 4. The number of carbonyl (C=O) groups is 4. The molecule has 1 fully saturated rings. The molecule has 0 saturated carbocycles. The lowest BCUT2D eigenvalue weighted by Crippen LogP contribution is -2.43. The van der Waals surface area contributed by atoms with Crippen molar-refractivity contribution in [1.29, 1.82) is 0 Å². The molecule has 3 N–H and O–H groups in total. The lowest BCUT2D eigenvalue weighted by Gasteiger charge is -2.33. The fourth-order valence-electron chi connectivity index (χ4n) is 3.00. The number of nitrogens with zero attached hydrogens (tertiary/aromatic N) is 1. The second-order valence-electron chi connectivity index (χ2n) is 5.78. The number of hydrogen-bond acceptors (Lipinski definition) is 6. The standard InChI is InChI=1S/C16H18N4O5/c1-17-16(24)19-13(21)8-25-15(23)9-4-5-11-10(7-9)18-14(22)12-3-2-6-20(11)12/h4-5,7,12H,2-3,6,8H2,1H3,(H,18,22)(H2,17,19,21,24)/t12-/m0/s1. The Bertz CT molecular complexity index is 748. The molecule has 4 amide bonds. The number of fused-ring (bicyclic) bond motifs is 3.